The van der Waals surface area contributed by atoms with Gasteiger partial charge in [-0.15, -0.1) is 5.10 Å². The molecule has 1 aromatic heterocycles. The van der Waals surface area contributed by atoms with Crippen molar-refractivity contribution in [3.05, 3.63) is 41.6 Å². The summed E-state index contributed by atoms with van der Waals surface area (Å²) in [6.45, 7) is 7.51. The Kier molecular flexibility index (Phi) is 4.61. The van der Waals surface area contributed by atoms with Crippen LogP contribution < -0.4 is 14.4 Å². The number of likely N-dealkylation sites (N-methyl/N-ethyl adjacent to an activating group) is 1. The number of aryl methyl sites for hydroxylation is 1. The third-order valence-corrected chi connectivity index (χ3v) is 5.32. The molecule has 0 radical (unpaired) electrons. The fourth-order valence-electron chi connectivity index (χ4n) is 3.59. The van der Waals surface area contributed by atoms with Crippen LogP contribution in [0.25, 0.3) is 0 Å². The lowest BCUT2D eigenvalue weighted by molar-refractivity contribution is -0.134. The largest absolute Gasteiger partial charge is 0.483 e. The number of hydrogen-bond acceptors (Lipinski definition) is 6. The van der Waals surface area contributed by atoms with E-state index in [1.807, 2.05) is 44.3 Å². The highest BCUT2D eigenvalue weighted by molar-refractivity contribution is 5.78. The van der Waals surface area contributed by atoms with E-state index in [4.69, 9.17) is 9.47 Å². The Labute approximate surface area is 165 Å². The van der Waals surface area contributed by atoms with Gasteiger partial charge in [0.15, 0.2) is 23.9 Å². The zero-order valence-corrected chi connectivity index (χ0v) is 16.8. The van der Waals surface area contributed by atoms with Crippen molar-refractivity contribution in [2.45, 2.75) is 38.8 Å². The van der Waals surface area contributed by atoms with Gasteiger partial charge in [-0.3, -0.25) is 4.79 Å². The van der Waals surface area contributed by atoms with Gasteiger partial charge in [-0.2, -0.15) is 5.10 Å². The van der Waals surface area contributed by atoms with Crippen LogP contribution in [0.3, 0.4) is 0 Å². The molecule has 1 amide bonds. The first-order valence-corrected chi connectivity index (χ1v) is 9.57. The van der Waals surface area contributed by atoms with Crippen molar-refractivity contribution < 1.29 is 14.3 Å². The molecule has 1 fully saturated rings. The second-order valence-electron chi connectivity index (χ2n) is 8.17. The molecule has 0 atom stereocenters. The Morgan fingerprint density at radius 3 is 2.79 bits per heavy atom. The molecule has 0 unspecified atom stereocenters. The van der Waals surface area contributed by atoms with E-state index < -0.39 is 0 Å². The first-order valence-electron chi connectivity index (χ1n) is 9.57. The van der Waals surface area contributed by atoms with Gasteiger partial charge >= 0.3 is 0 Å². The Balaban J connectivity index is 1.31. The van der Waals surface area contributed by atoms with E-state index in [0.29, 0.717) is 5.75 Å². The zero-order valence-electron chi connectivity index (χ0n) is 16.8. The predicted octanol–water partition coefficient (Wildman–Crippen LogP) is 2.22. The summed E-state index contributed by atoms with van der Waals surface area (Å²) >= 11 is 0. The van der Waals surface area contributed by atoms with Crippen LogP contribution in [0.2, 0.25) is 0 Å². The molecule has 28 heavy (non-hydrogen) atoms. The summed E-state index contributed by atoms with van der Waals surface area (Å²) in [5.74, 6) is 2.19. The summed E-state index contributed by atoms with van der Waals surface area (Å²) in [7, 11) is 1.82. The van der Waals surface area contributed by atoms with E-state index in [0.717, 1.165) is 42.3 Å². The molecule has 7 heteroatoms. The van der Waals surface area contributed by atoms with Crippen molar-refractivity contribution in [1.29, 1.82) is 0 Å². The number of nitrogens with zero attached hydrogens (tertiary/aromatic N) is 4. The predicted molar refractivity (Wildman–Crippen MR) is 106 cm³/mol. The average molecular weight is 382 g/mol. The highest BCUT2D eigenvalue weighted by Crippen LogP contribution is 2.41. The van der Waals surface area contributed by atoms with E-state index in [-0.39, 0.29) is 24.2 Å². The van der Waals surface area contributed by atoms with Crippen molar-refractivity contribution in [3.63, 3.8) is 0 Å². The number of hydrogen-bond donors (Lipinski definition) is 0. The minimum atomic E-state index is -0.239. The average Bonchev–Trinajstić information content (AvgIpc) is 2.94. The maximum absolute atomic E-state index is 12.6. The van der Waals surface area contributed by atoms with Crippen molar-refractivity contribution in [2.24, 2.45) is 0 Å². The third kappa shape index (κ3) is 3.61. The normalized spacial score (nSPS) is 17.5. The van der Waals surface area contributed by atoms with Crippen molar-refractivity contribution in [2.75, 3.05) is 31.6 Å². The molecule has 1 aromatic carbocycles. The van der Waals surface area contributed by atoms with Crippen LogP contribution in [0.15, 0.2) is 30.3 Å². The molecule has 0 N–H and O–H groups in total. The van der Waals surface area contributed by atoms with Gasteiger partial charge < -0.3 is 19.3 Å². The molecule has 4 rings (SSSR count). The maximum atomic E-state index is 12.6. The lowest BCUT2D eigenvalue weighted by atomic mass is 10.0. The van der Waals surface area contributed by atoms with Gasteiger partial charge in [0.2, 0.25) is 0 Å². The summed E-state index contributed by atoms with van der Waals surface area (Å²) in [5, 5.41) is 8.28. The number of benzene rings is 1. The fourth-order valence-corrected chi connectivity index (χ4v) is 3.59. The van der Waals surface area contributed by atoms with E-state index >= 15 is 0 Å². The van der Waals surface area contributed by atoms with E-state index in [1.54, 1.807) is 4.90 Å². The van der Waals surface area contributed by atoms with Crippen LogP contribution in [0.5, 0.6) is 11.5 Å². The first kappa shape index (κ1) is 18.5. The van der Waals surface area contributed by atoms with Gasteiger partial charge in [-0.05, 0) is 39.0 Å². The minimum absolute atomic E-state index is 0.00240. The molecular formula is C21H26N4O3. The maximum Gasteiger partial charge on any atom is 0.260 e. The topological polar surface area (TPSA) is 67.8 Å². The number of fused-ring (bicyclic) bond motifs is 1. The fraction of sp³-hybridized carbons (Fsp3) is 0.476. The van der Waals surface area contributed by atoms with E-state index in [9.17, 15) is 4.79 Å². The Morgan fingerprint density at radius 1 is 1.29 bits per heavy atom. The van der Waals surface area contributed by atoms with Crippen LogP contribution >= 0.6 is 0 Å². The van der Waals surface area contributed by atoms with E-state index in [1.165, 1.54) is 0 Å². The number of carbonyl (C=O) groups is 1. The lowest BCUT2D eigenvalue weighted by Crippen LogP contribution is -2.60. The third-order valence-electron chi connectivity index (χ3n) is 5.32. The molecule has 148 valence electrons. The monoisotopic (exact) mass is 382 g/mol. The second kappa shape index (κ2) is 6.96. The molecular weight excluding hydrogens is 356 g/mol. The lowest BCUT2D eigenvalue weighted by Gasteiger charge is -2.44. The van der Waals surface area contributed by atoms with Crippen LogP contribution in [-0.2, 0) is 11.2 Å². The number of carbonyl (C=O) groups excluding carboxylic acids is 1. The van der Waals surface area contributed by atoms with Crippen molar-refractivity contribution >= 4 is 11.7 Å². The molecule has 3 heterocycles. The van der Waals surface area contributed by atoms with Gasteiger partial charge in [-0.25, -0.2) is 0 Å². The Bertz CT molecular complexity index is 876. The number of anilines is 1. The molecule has 0 aliphatic carbocycles. The standard InChI is InChI=1S/C21H26N4O3/c1-14-8-9-18(23-22-14)25-11-16(12-25)24(4)19(26)13-27-17-7-5-6-15-10-21(2,3)28-20(15)17/h5-9,16H,10-13H2,1-4H3. The first-order chi connectivity index (χ1) is 13.3. The molecule has 2 aliphatic heterocycles. The van der Waals surface area contributed by atoms with Crippen LogP contribution in [0.1, 0.15) is 25.1 Å². The summed E-state index contributed by atoms with van der Waals surface area (Å²) < 4.78 is 11.8. The van der Waals surface area contributed by atoms with Gasteiger partial charge in [0.1, 0.15) is 5.60 Å². The molecule has 0 bridgehead atoms. The Hall–Kier alpha value is -2.83. The summed E-state index contributed by atoms with van der Waals surface area (Å²) in [6.07, 6.45) is 0.840. The smallest absolute Gasteiger partial charge is 0.260 e. The van der Waals surface area contributed by atoms with Gasteiger partial charge in [0.25, 0.3) is 5.91 Å². The molecule has 2 aromatic rings. The highest BCUT2D eigenvalue weighted by atomic mass is 16.5. The number of amides is 1. The summed E-state index contributed by atoms with van der Waals surface area (Å²) in [5.41, 5.74) is 1.78. The molecule has 0 saturated carbocycles. The van der Waals surface area contributed by atoms with Crippen molar-refractivity contribution in [3.8, 4) is 11.5 Å². The Morgan fingerprint density at radius 2 is 2.07 bits per heavy atom. The zero-order chi connectivity index (χ0) is 19.9. The SMILES string of the molecule is Cc1ccc(N2CC(N(C)C(=O)COc3cccc4c3OC(C)(C)C4)C2)nn1. The van der Waals surface area contributed by atoms with E-state index in [2.05, 4.69) is 28.9 Å². The van der Waals surface area contributed by atoms with Crippen LogP contribution in [0, 0.1) is 6.92 Å². The van der Waals surface area contributed by atoms with Gasteiger partial charge in [-0.1, -0.05) is 12.1 Å². The number of aromatic nitrogens is 2. The summed E-state index contributed by atoms with van der Waals surface area (Å²) in [6, 6.07) is 9.90. The number of ether oxygens (including phenoxy) is 2. The molecule has 7 nitrogen and oxygen atoms in total. The quantitative estimate of drug-likeness (QED) is 0.790. The minimum Gasteiger partial charge on any atom is -0.483 e. The molecule has 2 aliphatic rings. The van der Waals surface area contributed by atoms with Gasteiger partial charge in [0.05, 0.1) is 11.7 Å². The van der Waals surface area contributed by atoms with Crippen LogP contribution in [-0.4, -0.2) is 59.4 Å². The van der Waals surface area contributed by atoms with Crippen LogP contribution in [0.4, 0.5) is 5.82 Å². The van der Waals surface area contributed by atoms with Crippen molar-refractivity contribution in [1.82, 2.24) is 15.1 Å². The molecule has 0 spiro atoms. The second-order valence-corrected chi connectivity index (χ2v) is 8.17. The number of rotatable bonds is 5. The highest BCUT2D eigenvalue weighted by Gasteiger charge is 2.35. The van der Waals surface area contributed by atoms with Gasteiger partial charge in [0, 0.05) is 32.1 Å². The molecule has 1 saturated heterocycles. The summed E-state index contributed by atoms with van der Waals surface area (Å²) in [4.78, 5) is 16.4. The number of para-hydroxylation sites is 1.